The van der Waals surface area contributed by atoms with Gasteiger partial charge >= 0.3 is 5.97 Å². The Bertz CT molecular complexity index is 535. The lowest BCUT2D eigenvalue weighted by molar-refractivity contribution is -0.385. The van der Waals surface area contributed by atoms with E-state index in [2.05, 4.69) is 0 Å². The van der Waals surface area contributed by atoms with Crippen LogP contribution in [0.4, 0.5) is 5.69 Å². The zero-order valence-electron chi connectivity index (χ0n) is 11.0. The number of nitro benzene ring substituents is 1. The van der Waals surface area contributed by atoms with Crippen LogP contribution in [0.3, 0.4) is 0 Å². The minimum absolute atomic E-state index is 0.0204. The monoisotopic (exact) mass is 298 g/mol. The third-order valence-electron chi connectivity index (χ3n) is 3.45. The number of hydrogen-bond donors (Lipinski definition) is 0. The first-order valence-corrected chi connectivity index (χ1v) is 6.65. The Balaban J connectivity index is 2.21. The van der Waals surface area contributed by atoms with Gasteiger partial charge in [-0.1, -0.05) is 11.6 Å². The van der Waals surface area contributed by atoms with E-state index in [0.717, 1.165) is 13.0 Å². The molecule has 2 rings (SSSR count). The Labute approximate surface area is 121 Å². The summed E-state index contributed by atoms with van der Waals surface area (Å²) in [6.07, 6.45) is 1.59. The molecule has 20 heavy (non-hydrogen) atoms. The van der Waals surface area contributed by atoms with Crippen LogP contribution in [0.25, 0.3) is 0 Å². The second-order valence-electron chi connectivity index (χ2n) is 4.68. The SMILES string of the molecule is COC(=O)C1CCCN1Cc1ccc(Cl)cc1[N+](=O)[O-]. The predicted octanol–water partition coefficient (Wildman–Crippen LogP) is 2.39. The van der Waals surface area contributed by atoms with Crippen molar-refractivity contribution >= 4 is 23.3 Å². The standard InChI is InChI=1S/C13H15ClN2O4/c1-20-13(17)11-3-2-6-15(11)8-9-4-5-10(14)7-12(9)16(18)19/h4-5,7,11H,2-3,6,8H2,1H3. The van der Waals surface area contributed by atoms with Crippen molar-refractivity contribution in [2.75, 3.05) is 13.7 Å². The highest BCUT2D eigenvalue weighted by Crippen LogP contribution is 2.27. The molecule has 0 amide bonds. The highest BCUT2D eigenvalue weighted by Gasteiger charge is 2.32. The van der Waals surface area contributed by atoms with Crippen LogP contribution >= 0.6 is 11.6 Å². The number of esters is 1. The lowest BCUT2D eigenvalue weighted by atomic mass is 10.1. The van der Waals surface area contributed by atoms with Crippen LogP contribution < -0.4 is 0 Å². The molecule has 0 aromatic heterocycles. The maximum Gasteiger partial charge on any atom is 0.323 e. The summed E-state index contributed by atoms with van der Waals surface area (Å²) in [5.41, 5.74) is 0.531. The largest absolute Gasteiger partial charge is 0.468 e. The quantitative estimate of drug-likeness (QED) is 0.485. The minimum atomic E-state index is -0.454. The van der Waals surface area contributed by atoms with Gasteiger partial charge in [0.25, 0.3) is 5.69 Å². The van der Waals surface area contributed by atoms with Crippen molar-refractivity contribution in [3.05, 3.63) is 38.9 Å². The molecule has 1 aliphatic heterocycles. The fourth-order valence-corrected chi connectivity index (χ4v) is 2.64. The number of methoxy groups -OCH3 is 1. The van der Waals surface area contributed by atoms with Gasteiger partial charge in [-0.05, 0) is 31.5 Å². The molecule has 0 radical (unpaired) electrons. The summed E-state index contributed by atoms with van der Waals surface area (Å²) < 4.78 is 4.76. The number of ether oxygens (including phenoxy) is 1. The normalized spacial score (nSPS) is 19.0. The summed E-state index contributed by atoms with van der Waals surface area (Å²) in [7, 11) is 1.35. The Morgan fingerprint density at radius 2 is 2.35 bits per heavy atom. The van der Waals surface area contributed by atoms with Gasteiger partial charge < -0.3 is 4.74 Å². The Kier molecular flexibility index (Phi) is 4.57. The molecule has 108 valence electrons. The molecule has 1 aromatic rings. The lowest BCUT2D eigenvalue weighted by Gasteiger charge is -2.22. The van der Waals surface area contributed by atoms with Crippen LogP contribution in [-0.2, 0) is 16.1 Å². The van der Waals surface area contributed by atoms with Crippen molar-refractivity contribution in [3.8, 4) is 0 Å². The Morgan fingerprint density at radius 1 is 1.60 bits per heavy atom. The van der Waals surface area contributed by atoms with E-state index >= 15 is 0 Å². The van der Waals surface area contributed by atoms with Gasteiger partial charge in [0.05, 0.1) is 12.0 Å². The van der Waals surface area contributed by atoms with Crippen LogP contribution in [-0.4, -0.2) is 35.5 Å². The molecule has 1 heterocycles. The van der Waals surface area contributed by atoms with Crippen LogP contribution in [0, 0.1) is 10.1 Å². The van der Waals surface area contributed by atoms with Gasteiger partial charge in [-0.25, -0.2) is 0 Å². The highest BCUT2D eigenvalue weighted by atomic mass is 35.5. The van der Waals surface area contributed by atoms with E-state index < -0.39 is 4.92 Å². The molecule has 0 N–H and O–H groups in total. The third-order valence-corrected chi connectivity index (χ3v) is 3.69. The first kappa shape index (κ1) is 14.7. The molecule has 1 saturated heterocycles. The van der Waals surface area contributed by atoms with Crippen LogP contribution in [0.15, 0.2) is 18.2 Å². The summed E-state index contributed by atoms with van der Waals surface area (Å²) in [6.45, 7) is 1.06. The molecule has 0 spiro atoms. The second kappa shape index (κ2) is 6.19. The molecule has 6 nitrogen and oxygen atoms in total. The zero-order valence-corrected chi connectivity index (χ0v) is 11.8. The fraction of sp³-hybridized carbons (Fsp3) is 0.462. The fourth-order valence-electron chi connectivity index (χ4n) is 2.48. The van der Waals surface area contributed by atoms with Gasteiger partial charge in [0.1, 0.15) is 6.04 Å². The summed E-state index contributed by atoms with van der Waals surface area (Å²) >= 11 is 5.79. The number of hydrogen-bond acceptors (Lipinski definition) is 5. The van der Waals surface area contributed by atoms with E-state index in [4.69, 9.17) is 16.3 Å². The van der Waals surface area contributed by atoms with Crippen molar-refractivity contribution in [2.45, 2.75) is 25.4 Å². The topological polar surface area (TPSA) is 72.7 Å². The van der Waals surface area contributed by atoms with Crippen molar-refractivity contribution in [2.24, 2.45) is 0 Å². The molecule has 0 aliphatic carbocycles. The van der Waals surface area contributed by atoms with E-state index in [9.17, 15) is 14.9 Å². The van der Waals surface area contributed by atoms with E-state index in [0.29, 0.717) is 23.6 Å². The summed E-state index contributed by atoms with van der Waals surface area (Å²) in [5, 5.41) is 11.4. The van der Waals surface area contributed by atoms with Crippen LogP contribution in [0.2, 0.25) is 5.02 Å². The van der Waals surface area contributed by atoms with Crippen LogP contribution in [0.5, 0.6) is 0 Å². The van der Waals surface area contributed by atoms with Crippen molar-refractivity contribution in [3.63, 3.8) is 0 Å². The number of carbonyl (C=O) groups is 1. The van der Waals surface area contributed by atoms with E-state index in [-0.39, 0.29) is 17.7 Å². The van der Waals surface area contributed by atoms with Crippen molar-refractivity contribution < 1.29 is 14.5 Å². The van der Waals surface area contributed by atoms with E-state index in [1.165, 1.54) is 13.2 Å². The van der Waals surface area contributed by atoms with Gasteiger partial charge in [-0.3, -0.25) is 19.8 Å². The van der Waals surface area contributed by atoms with Crippen molar-refractivity contribution in [1.82, 2.24) is 4.90 Å². The maximum atomic E-state index is 11.7. The minimum Gasteiger partial charge on any atom is -0.468 e. The highest BCUT2D eigenvalue weighted by molar-refractivity contribution is 6.30. The summed E-state index contributed by atoms with van der Waals surface area (Å²) in [5.74, 6) is -0.292. The summed E-state index contributed by atoms with van der Waals surface area (Å²) in [4.78, 5) is 24.2. The third kappa shape index (κ3) is 3.08. The van der Waals surface area contributed by atoms with Crippen molar-refractivity contribution in [1.29, 1.82) is 0 Å². The molecule has 7 heteroatoms. The molecule has 1 fully saturated rings. The molecule has 0 bridgehead atoms. The molecule has 1 aliphatic rings. The number of nitrogens with zero attached hydrogens (tertiary/aromatic N) is 2. The molecule has 1 aromatic carbocycles. The number of carbonyl (C=O) groups excluding carboxylic acids is 1. The maximum absolute atomic E-state index is 11.7. The Morgan fingerprint density at radius 3 is 3.00 bits per heavy atom. The lowest BCUT2D eigenvalue weighted by Crippen LogP contribution is -2.36. The number of nitro groups is 1. The van der Waals surface area contributed by atoms with Crippen LogP contribution in [0.1, 0.15) is 18.4 Å². The van der Waals surface area contributed by atoms with E-state index in [1.54, 1.807) is 12.1 Å². The van der Waals surface area contributed by atoms with Gasteiger partial charge in [0.15, 0.2) is 0 Å². The molecular weight excluding hydrogens is 284 g/mol. The second-order valence-corrected chi connectivity index (χ2v) is 5.12. The van der Waals surface area contributed by atoms with Gasteiger partial charge in [0, 0.05) is 23.2 Å². The summed E-state index contributed by atoms with van der Waals surface area (Å²) in [6, 6.07) is 4.26. The van der Waals surface area contributed by atoms with Gasteiger partial charge in [0.2, 0.25) is 0 Å². The van der Waals surface area contributed by atoms with Gasteiger partial charge in [-0.2, -0.15) is 0 Å². The Hall–Kier alpha value is -1.66. The molecule has 1 unspecified atom stereocenters. The number of rotatable bonds is 4. The van der Waals surface area contributed by atoms with E-state index in [1.807, 2.05) is 4.90 Å². The first-order chi connectivity index (χ1) is 9.52. The number of benzene rings is 1. The van der Waals surface area contributed by atoms with Gasteiger partial charge in [-0.15, -0.1) is 0 Å². The molecule has 0 saturated carbocycles. The first-order valence-electron chi connectivity index (χ1n) is 6.27. The average Bonchev–Trinajstić information content (AvgIpc) is 2.87. The smallest absolute Gasteiger partial charge is 0.323 e. The number of likely N-dealkylation sites (tertiary alicyclic amines) is 1. The predicted molar refractivity (Wildman–Crippen MR) is 73.6 cm³/mol. The zero-order chi connectivity index (χ0) is 14.7. The number of halogens is 1. The molecule has 1 atom stereocenters. The molecular formula is C13H15ClN2O4. The average molecular weight is 299 g/mol.